The number of carbonyl (C=O) groups excluding carboxylic acids is 1. The number of halogens is 2. The Morgan fingerprint density at radius 3 is 2.52 bits per heavy atom. The zero-order chi connectivity index (χ0) is 18.4. The Kier molecular flexibility index (Phi) is 6.91. The van der Waals surface area contributed by atoms with Gasteiger partial charge in [0.05, 0.1) is 12.1 Å². The van der Waals surface area contributed by atoms with Crippen molar-refractivity contribution in [3.63, 3.8) is 0 Å². The Balaban J connectivity index is 2.09. The summed E-state index contributed by atoms with van der Waals surface area (Å²) in [4.78, 5) is 12.1. The number of anilines is 1. The molecular formula is C20H21Cl2NO2. The highest BCUT2D eigenvalue weighted by atomic mass is 35.5. The lowest BCUT2D eigenvalue weighted by Crippen LogP contribution is -2.07. The van der Waals surface area contributed by atoms with Gasteiger partial charge in [0.2, 0.25) is 5.91 Å². The maximum atomic E-state index is 12.1. The Hall–Kier alpha value is -1.97. The van der Waals surface area contributed by atoms with Gasteiger partial charge < -0.3 is 10.1 Å². The Morgan fingerprint density at radius 1 is 1.24 bits per heavy atom. The van der Waals surface area contributed by atoms with Crippen LogP contribution >= 0.6 is 23.2 Å². The molecule has 132 valence electrons. The average Bonchev–Trinajstić information content (AvgIpc) is 2.59. The molecule has 0 aliphatic carbocycles. The van der Waals surface area contributed by atoms with Crippen LogP contribution in [-0.2, 0) is 4.79 Å². The standard InChI is InChI=1S/C20H21Cl2NO2/c1-4-13(2)14-5-8-17(9-6-14)23-19(24)10-7-15-11-16(21)12-18(22)20(15)25-3/h5-13H,4H2,1-3H3,(H,23,24)/b10-7+/t13-/m1/s1. The molecule has 2 aromatic carbocycles. The smallest absolute Gasteiger partial charge is 0.248 e. The fourth-order valence-corrected chi connectivity index (χ4v) is 2.99. The zero-order valence-electron chi connectivity index (χ0n) is 14.5. The molecule has 0 fully saturated rings. The highest BCUT2D eigenvalue weighted by molar-refractivity contribution is 6.36. The monoisotopic (exact) mass is 377 g/mol. The third kappa shape index (κ3) is 5.25. The van der Waals surface area contributed by atoms with E-state index >= 15 is 0 Å². The van der Waals surface area contributed by atoms with Gasteiger partial charge in [0.15, 0.2) is 0 Å². The average molecular weight is 378 g/mol. The van der Waals surface area contributed by atoms with Crippen molar-refractivity contribution in [1.29, 1.82) is 0 Å². The molecule has 0 aliphatic rings. The molecule has 0 bridgehead atoms. The summed E-state index contributed by atoms with van der Waals surface area (Å²) < 4.78 is 5.25. The summed E-state index contributed by atoms with van der Waals surface area (Å²) in [7, 11) is 1.52. The van der Waals surface area contributed by atoms with Crippen molar-refractivity contribution < 1.29 is 9.53 Å². The second-order valence-corrected chi connectivity index (χ2v) is 6.61. The maximum Gasteiger partial charge on any atom is 0.248 e. The summed E-state index contributed by atoms with van der Waals surface area (Å²) in [6, 6.07) is 11.2. The van der Waals surface area contributed by atoms with E-state index in [4.69, 9.17) is 27.9 Å². The largest absolute Gasteiger partial charge is 0.495 e. The molecule has 0 saturated heterocycles. The van der Waals surface area contributed by atoms with Gasteiger partial charge in [-0.2, -0.15) is 0 Å². The molecule has 0 saturated carbocycles. The number of methoxy groups -OCH3 is 1. The topological polar surface area (TPSA) is 38.3 Å². The summed E-state index contributed by atoms with van der Waals surface area (Å²) in [5.74, 6) is 0.743. The van der Waals surface area contributed by atoms with Crippen LogP contribution in [0.1, 0.15) is 37.3 Å². The van der Waals surface area contributed by atoms with Crippen molar-refractivity contribution in [2.24, 2.45) is 0 Å². The first kappa shape index (κ1) is 19.4. The predicted molar refractivity (Wildman–Crippen MR) is 106 cm³/mol. The first-order valence-corrected chi connectivity index (χ1v) is 8.82. The minimum Gasteiger partial charge on any atom is -0.495 e. The van der Waals surface area contributed by atoms with Gasteiger partial charge in [0, 0.05) is 22.3 Å². The first-order valence-electron chi connectivity index (χ1n) is 8.06. The van der Waals surface area contributed by atoms with Crippen LogP contribution in [0.3, 0.4) is 0 Å². The molecule has 0 radical (unpaired) electrons. The molecule has 0 heterocycles. The summed E-state index contributed by atoms with van der Waals surface area (Å²) >= 11 is 12.1. The molecule has 1 N–H and O–H groups in total. The third-order valence-electron chi connectivity index (χ3n) is 4.02. The van der Waals surface area contributed by atoms with Crippen LogP contribution < -0.4 is 10.1 Å². The molecule has 0 spiro atoms. The first-order chi connectivity index (χ1) is 11.9. The van der Waals surface area contributed by atoms with E-state index in [9.17, 15) is 4.79 Å². The second kappa shape index (κ2) is 8.93. The van der Waals surface area contributed by atoms with Gasteiger partial charge >= 0.3 is 0 Å². The molecule has 2 aromatic rings. The van der Waals surface area contributed by atoms with Crippen LogP contribution in [0.25, 0.3) is 6.08 Å². The number of benzene rings is 2. The van der Waals surface area contributed by atoms with Crippen LogP contribution in [-0.4, -0.2) is 13.0 Å². The zero-order valence-corrected chi connectivity index (χ0v) is 16.0. The number of nitrogens with one attached hydrogen (secondary N) is 1. The van der Waals surface area contributed by atoms with Crippen molar-refractivity contribution >= 4 is 40.9 Å². The van der Waals surface area contributed by atoms with Gasteiger partial charge in [0.25, 0.3) is 0 Å². The van der Waals surface area contributed by atoms with E-state index in [1.807, 2.05) is 24.3 Å². The second-order valence-electron chi connectivity index (χ2n) is 5.76. The van der Waals surface area contributed by atoms with Gasteiger partial charge in [-0.25, -0.2) is 0 Å². The minimum absolute atomic E-state index is 0.241. The molecule has 3 nitrogen and oxygen atoms in total. The Morgan fingerprint density at radius 2 is 1.92 bits per heavy atom. The van der Waals surface area contributed by atoms with Crippen LogP contribution in [0.15, 0.2) is 42.5 Å². The van der Waals surface area contributed by atoms with E-state index in [0.29, 0.717) is 27.3 Å². The van der Waals surface area contributed by atoms with Gasteiger partial charge in [-0.1, -0.05) is 49.2 Å². The van der Waals surface area contributed by atoms with Gasteiger partial charge in [-0.15, -0.1) is 0 Å². The third-order valence-corrected chi connectivity index (χ3v) is 4.51. The van der Waals surface area contributed by atoms with E-state index in [0.717, 1.165) is 12.1 Å². The number of rotatable bonds is 6. The fourth-order valence-electron chi connectivity index (χ4n) is 2.40. The lowest BCUT2D eigenvalue weighted by atomic mass is 9.99. The molecule has 0 aliphatic heterocycles. The van der Waals surface area contributed by atoms with Crippen molar-refractivity contribution in [3.8, 4) is 5.75 Å². The maximum absolute atomic E-state index is 12.1. The predicted octanol–water partition coefficient (Wildman–Crippen LogP) is 6.17. The van der Waals surface area contributed by atoms with Gasteiger partial charge in [0.1, 0.15) is 5.75 Å². The van der Waals surface area contributed by atoms with Crippen molar-refractivity contribution in [2.45, 2.75) is 26.2 Å². The lowest BCUT2D eigenvalue weighted by Gasteiger charge is -2.10. The van der Waals surface area contributed by atoms with E-state index in [2.05, 4.69) is 19.2 Å². The lowest BCUT2D eigenvalue weighted by molar-refractivity contribution is -0.111. The van der Waals surface area contributed by atoms with Crippen molar-refractivity contribution in [1.82, 2.24) is 0 Å². The number of hydrogen-bond donors (Lipinski definition) is 1. The summed E-state index contributed by atoms with van der Waals surface area (Å²) in [5, 5.41) is 3.71. The Labute approximate surface area is 158 Å². The minimum atomic E-state index is -0.241. The molecule has 0 unspecified atom stereocenters. The van der Waals surface area contributed by atoms with Crippen LogP contribution in [0, 0.1) is 0 Å². The number of ether oxygens (including phenoxy) is 1. The molecule has 2 rings (SSSR count). The molecule has 5 heteroatoms. The van der Waals surface area contributed by atoms with E-state index < -0.39 is 0 Å². The number of hydrogen-bond acceptors (Lipinski definition) is 2. The highest BCUT2D eigenvalue weighted by Crippen LogP contribution is 2.33. The van der Waals surface area contributed by atoms with Gasteiger partial charge in [-0.05, 0) is 48.2 Å². The van der Waals surface area contributed by atoms with Crippen molar-refractivity contribution in [2.75, 3.05) is 12.4 Å². The van der Waals surface area contributed by atoms with E-state index in [1.165, 1.54) is 18.7 Å². The Bertz CT molecular complexity index is 770. The SMILES string of the molecule is CC[C@@H](C)c1ccc(NC(=O)/C=C/c2cc(Cl)cc(Cl)c2OC)cc1. The molecule has 0 aromatic heterocycles. The number of carbonyl (C=O) groups is 1. The highest BCUT2D eigenvalue weighted by Gasteiger charge is 2.08. The summed E-state index contributed by atoms with van der Waals surface area (Å²) in [6.45, 7) is 4.33. The molecule has 1 amide bonds. The van der Waals surface area contributed by atoms with Gasteiger partial charge in [-0.3, -0.25) is 4.79 Å². The molecule has 1 atom stereocenters. The molecular weight excluding hydrogens is 357 g/mol. The van der Waals surface area contributed by atoms with Crippen LogP contribution in [0.2, 0.25) is 10.0 Å². The summed E-state index contributed by atoms with van der Waals surface area (Å²) in [5.41, 5.74) is 2.65. The molecule has 25 heavy (non-hydrogen) atoms. The van der Waals surface area contributed by atoms with Crippen molar-refractivity contribution in [3.05, 3.63) is 63.6 Å². The normalized spacial score (nSPS) is 12.2. The van der Waals surface area contributed by atoms with Crippen LogP contribution in [0.4, 0.5) is 5.69 Å². The fraction of sp³-hybridized carbons (Fsp3) is 0.250. The van der Waals surface area contributed by atoms with Crippen LogP contribution in [0.5, 0.6) is 5.75 Å². The van der Waals surface area contributed by atoms with E-state index in [-0.39, 0.29) is 5.91 Å². The van der Waals surface area contributed by atoms with E-state index in [1.54, 1.807) is 18.2 Å². The summed E-state index contributed by atoms with van der Waals surface area (Å²) in [6.07, 6.45) is 4.13. The quantitative estimate of drug-likeness (QED) is 0.611. The number of amides is 1.